The maximum Gasteiger partial charge on any atom is 0.275 e. The highest BCUT2D eigenvalue weighted by molar-refractivity contribution is 5.99. The molecule has 0 saturated carbocycles. The van der Waals surface area contributed by atoms with Gasteiger partial charge < -0.3 is 19.3 Å². The number of carbonyl (C=O) groups excluding carboxylic acids is 1. The number of hydrogen-bond acceptors (Lipinski definition) is 5. The highest BCUT2D eigenvalue weighted by atomic mass is 16.2. The number of rotatable bonds is 3. The number of amides is 1. The fraction of sp³-hybridized carbons (Fsp3) is 0.714. The van der Waals surface area contributed by atoms with E-state index in [9.17, 15) is 4.79 Å². The third-order valence-electron chi connectivity index (χ3n) is 4.43. The second kappa shape index (κ2) is 5.65. The summed E-state index contributed by atoms with van der Waals surface area (Å²) in [6.07, 6.45) is 1.71. The highest BCUT2D eigenvalue weighted by Gasteiger charge is 2.31. The third kappa shape index (κ3) is 2.75. The van der Waals surface area contributed by atoms with Gasteiger partial charge in [-0.1, -0.05) is 0 Å². The average molecular weight is 292 g/mol. The largest absolute Gasteiger partial charge is 0.340 e. The van der Waals surface area contributed by atoms with Gasteiger partial charge in [-0.15, -0.1) is 0 Å². The normalized spacial score (nSPS) is 21.0. The number of fused-ring (bicyclic) bond motifs is 1. The van der Waals surface area contributed by atoms with Crippen molar-refractivity contribution in [1.82, 2.24) is 24.3 Å². The molecule has 7 heteroatoms. The molecule has 0 aliphatic carbocycles. The Hall–Kier alpha value is -1.60. The Morgan fingerprint density at radius 2 is 1.81 bits per heavy atom. The number of hydrogen-bond donors (Lipinski definition) is 0. The Balaban J connectivity index is 1.62. The van der Waals surface area contributed by atoms with Gasteiger partial charge in [0.25, 0.3) is 5.91 Å². The molecule has 0 atom stereocenters. The average Bonchev–Trinajstić information content (AvgIpc) is 2.86. The number of carbonyl (C=O) groups is 1. The maximum atomic E-state index is 12.6. The first-order valence-electron chi connectivity index (χ1n) is 7.49. The van der Waals surface area contributed by atoms with Crippen LogP contribution in [0, 0.1) is 0 Å². The molecule has 0 bridgehead atoms. The van der Waals surface area contributed by atoms with Crippen LogP contribution < -0.4 is 4.90 Å². The molecule has 0 radical (unpaired) electrons. The molecule has 21 heavy (non-hydrogen) atoms. The lowest BCUT2D eigenvalue weighted by molar-refractivity contribution is 0.0693. The van der Waals surface area contributed by atoms with E-state index in [1.807, 2.05) is 28.5 Å². The Kier molecular flexibility index (Phi) is 3.86. The minimum Gasteiger partial charge on any atom is -0.340 e. The zero-order valence-corrected chi connectivity index (χ0v) is 13.1. The number of aryl methyl sites for hydroxylation is 1. The predicted molar refractivity (Wildman–Crippen MR) is 81.5 cm³/mol. The number of imidazole rings is 1. The number of likely N-dealkylation sites (N-methyl/N-ethyl adjacent to an activating group) is 1. The van der Waals surface area contributed by atoms with Gasteiger partial charge in [-0.25, -0.2) is 4.98 Å². The van der Waals surface area contributed by atoms with Crippen LogP contribution in [0.4, 0.5) is 5.82 Å². The molecule has 1 saturated heterocycles. The van der Waals surface area contributed by atoms with Gasteiger partial charge in [0.2, 0.25) is 0 Å². The van der Waals surface area contributed by atoms with E-state index in [1.165, 1.54) is 0 Å². The predicted octanol–water partition coefficient (Wildman–Crippen LogP) is -0.483. The lowest BCUT2D eigenvalue weighted by atomic mass is 10.2. The Morgan fingerprint density at radius 1 is 1.10 bits per heavy atom. The van der Waals surface area contributed by atoms with E-state index in [0.29, 0.717) is 12.4 Å². The van der Waals surface area contributed by atoms with E-state index in [0.717, 1.165) is 45.1 Å². The topological polar surface area (TPSA) is 47.9 Å². The molecular formula is C14H24N6O. The molecule has 7 nitrogen and oxygen atoms in total. The molecule has 1 aromatic heterocycles. The van der Waals surface area contributed by atoms with Crippen LogP contribution in [0.3, 0.4) is 0 Å². The quantitative estimate of drug-likeness (QED) is 0.753. The van der Waals surface area contributed by atoms with Crippen LogP contribution >= 0.6 is 0 Å². The molecule has 0 N–H and O–H groups in total. The van der Waals surface area contributed by atoms with Crippen LogP contribution in [0.5, 0.6) is 0 Å². The molecule has 3 heterocycles. The van der Waals surface area contributed by atoms with Crippen LogP contribution in [-0.4, -0.2) is 90.2 Å². The van der Waals surface area contributed by atoms with E-state index in [-0.39, 0.29) is 5.91 Å². The summed E-state index contributed by atoms with van der Waals surface area (Å²) in [7, 11) is 6.02. The third-order valence-corrected chi connectivity index (χ3v) is 4.43. The minimum atomic E-state index is 0.0947. The summed E-state index contributed by atoms with van der Waals surface area (Å²) in [6, 6.07) is 0. The molecule has 0 aromatic carbocycles. The summed E-state index contributed by atoms with van der Waals surface area (Å²) in [5, 5.41) is 0. The number of aromatic nitrogens is 2. The van der Waals surface area contributed by atoms with Gasteiger partial charge in [-0.3, -0.25) is 9.69 Å². The molecule has 1 aromatic rings. The summed E-state index contributed by atoms with van der Waals surface area (Å²) >= 11 is 0. The van der Waals surface area contributed by atoms with Gasteiger partial charge in [0.15, 0.2) is 11.5 Å². The van der Waals surface area contributed by atoms with Crippen molar-refractivity contribution in [3.8, 4) is 0 Å². The van der Waals surface area contributed by atoms with Crippen molar-refractivity contribution >= 4 is 11.7 Å². The highest BCUT2D eigenvalue weighted by Crippen LogP contribution is 2.23. The smallest absolute Gasteiger partial charge is 0.275 e. The monoisotopic (exact) mass is 292 g/mol. The summed E-state index contributed by atoms with van der Waals surface area (Å²) < 4.78 is 1.82. The second-order valence-corrected chi connectivity index (χ2v) is 6.08. The molecule has 1 fully saturated rings. The number of anilines is 1. The summed E-state index contributed by atoms with van der Waals surface area (Å²) in [5.41, 5.74) is 0.696. The van der Waals surface area contributed by atoms with Gasteiger partial charge in [-0.05, 0) is 7.05 Å². The Bertz CT molecular complexity index is 520. The molecule has 0 unspecified atom stereocenters. The summed E-state index contributed by atoms with van der Waals surface area (Å²) in [6.45, 7) is 6.74. The van der Waals surface area contributed by atoms with Gasteiger partial charge in [0.05, 0.1) is 13.0 Å². The molecular weight excluding hydrogens is 268 g/mol. The fourth-order valence-electron chi connectivity index (χ4n) is 2.99. The van der Waals surface area contributed by atoms with Gasteiger partial charge in [0, 0.05) is 53.4 Å². The standard InChI is InChI=1S/C14H24N6O/c1-16-4-6-19(7-5-16)8-9-20-11-18(3)13-12(14(20)21)17(2)10-15-13/h10H,4-9,11H2,1-3H3. The van der Waals surface area contributed by atoms with Crippen molar-refractivity contribution in [2.24, 2.45) is 7.05 Å². The van der Waals surface area contributed by atoms with Crippen molar-refractivity contribution in [3.63, 3.8) is 0 Å². The first-order valence-corrected chi connectivity index (χ1v) is 7.49. The van der Waals surface area contributed by atoms with Crippen LogP contribution in [0.1, 0.15) is 10.5 Å². The van der Waals surface area contributed by atoms with Crippen molar-refractivity contribution in [2.75, 3.05) is 64.9 Å². The Morgan fingerprint density at radius 3 is 2.52 bits per heavy atom. The molecule has 3 rings (SSSR count). The molecule has 1 amide bonds. The van der Waals surface area contributed by atoms with Crippen LogP contribution in [-0.2, 0) is 7.05 Å². The number of nitrogens with zero attached hydrogens (tertiary/aromatic N) is 6. The zero-order valence-electron chi connectivity index (χ0n) is 13.1. The van der Waals surface area contributed by atoms with Crippen molar-refractivity contribution < 1.29 is 4.79 Å². The van der Waals surface area contributed by atoms with E-state index >= 15 is 0 Å². The summed E-state index contributed by atoms with van der Waals surface area (Å²) in [5.74, 6) is 0.885. The minimum absolute atomic E-state index is 0.0947. The number of piperazine rings is 1. The fourth-order valence-corrected chi connectivity index (χ4v) is 2.99. The van der Waals surface area contributed by atoms with Crippen molar-refractivity contribution in [3.05, 3.63) is 12.0 Å². The second-order valence-electron chi connectivity index (χ2n) is 6.08. The maximum absolute atomic E-state index is 12.6. The van der Waals surface area contributed by atoms with Crippen LogP contribution in [0.25, 0.3) is 0 Å². The van der Waals surface area contributed by atoms with E-state index in [1.54, 1.807) is 6.33 Å². The zero-order chi connectivity index (χ0) is 15.0. The first kappa shape index (κ1) is 14.3. The van der Waals surface area contributed by atoms with Crippen molar-refractivity contribution in [1.29, 1.82) is 0 Å². The molecule has 2 aliphatic rings. The van der Waals surface area contributed by atoms with Gasteiger partial charge >= 0.3 is 0 Å². The Labute approximate surface area is 125 Å². The van der Waals surface area contributed by atoms with E-state index in [4.69, 9.17) is 0 Å². The van der Waals surface area contributed by atoms with Gasteiger partial charge in [-0.2, -0.15) is 0 Å². The SMILES string of the molecule is CN1CCN(CCN2CN(C)c3ncn(C)c3C2=O)CC1. The van der Waals surface area contributed by atoms with E-state index < -0.39 is 0 Å². The first-order chi connectivity index (χ1) is 10.1. The van der Waals surface area contributed by atoms with Crippen LogP contribution in [0.15, 0.2) is 6.33 Å². The summed E-state index contributed by atoms with van der Waals surface area (Å²) in [4.78, 5) is 25.6. The van der Waals surface area contributed by atoms with Crippen molar-refractivity contribution in [2.45, 2.75) is 0 Å². The molecule has 2 aliphatic heterocycles. The van der Waals surface area contributed by atoms with Gasteiger partial charge in [0.1, 0.15) is 0 Å². The lowest BCUT2D eigenvalue weighted by Crippen LogP contribution is -2.51. The van der Waals surface area contributed by atoms with E-state index in [2.05, 4.69) is 21.8 Å². The van der Waals surface area contributed by atoms with Crippen LogP contribution in [0.2, 0.25) is 0 Å². The lowest BCUT2D eigenvalue weighted by Gasteiger charge is -2.37. The molecule has 116 valence electrons. The molecule has 0 spiro atoms.